The van der Waals surface area contributed by atoms with E-state index in [1.165, 1.54) is 6.07 Å². The van der Waals surface area contributed by atoms with E-state index in [0.29, 0.717) is 36.6 Å². The Balaban J connectivity index is 1.77. The highest BCUT2D eigenvalue weighted by Gasteiger charge is 2.08. The highest BCUT2D eigenvalue weighted by molar-refractivity contribution is 6.31. The second kappa shape index (κ2) is 11.5. The molecule has 2 aromatic rings. The SMILES string of the molecule is Nc1ncc(CCCCCCC(=O)NO)cc1OCCc1cccc(F)c1Cl. The van der Waals surface area contributed by atoms with Gasteiger partial charge < -0.3 is 10.5 Å². The van der Waals surface area contributed by atoms with Crippen LogP contribution in [0, 0.1) is 5.82 Å². The van der Waals surface area contributed by atoms with Gasteiger partial charge in [-0.25, -0.2) is 14.9 Å². The van der Waals surface area contributed by atoms with Crippen LogP contribution in [-0.2, 0) is 17.6 Å². The van der Waals surface area contributed by atoms with Crippen LogP contribution in [0.15, 0.2) is 30.5 Å². The minimum atomic E-state index is -0.445. The summed E-state index contributed by atoms with van der Waals surface area (Å²) in [7, 11) is 0. The van der Waals surface area contributed by atoms with Crippen LogP contribution in [0.4, 0.5) is 10.2 Å². The zero-order valence-electron chi connectivity index (χ0n) is 15.6. The van der Waals surface area contributed by atoms with E-state index in [9.17, 15) is 9.18 Å². The summed E-state index contributed by atoms with van der Waals surface area (Å²) in [5, 5.41) is 8.55. The third kappa shape index (κ3) is 6.98. The maximum Gasteiger partial charge on any atom is 0.243 e. The lowest BCUT2D eigenvalue weighted by atomic mass is 10.1. The van der Waals surface area contributed by atoms with E-state index in [4.69, 9.17) is 27.3 Å². The molecule has 28 heavy (non-hydrogen) atoms. The van der Waals surface area contributed by atoms with Gasteiger partial charge in [0, 0.05) is 19.0 Å². The van der Waals surface area contributed by atoms with E-state index < -0.39 is 5.82 Å². The number of hydroxylamine groups is 1. The molecule has 1 amide bonds. The number of carbonyl (C=O) groups excluding carboxylic acids is 1. The summed E-state index contributed by atoms with van der Waals surface area (Å²) in [5.74, 6) is 0.0112. The van der Waals surface area contributed by atoms with Gasteiger partial charge in [0.2, 0.25) is 5.91 Å². The van der Waals surface area contributed by atoms with Crippen molar-refractivity contribution < 1.29 is 19.1 Å². The maximum atomic E-state index is 13.5. The minimum absolute atomic E-state index is 0.113. The summed E-state index contributed by atoms with van der Waals surface area (Å²) in [5.41, 5.74) is 9.20. The number of aromatic nitrogens is 1. The number of amides is 1. The van der Waals surface area contributed by atoms with Gasteiger partial charge >= 0.3 is 0 Å². The molecule has 0 unspecified atom stereocenters. The Morgan fingerprint density at radius 3 is 2.82 bits per heavy atom. The van der Waals surface area contributed by atoms with Gasteiger partial charge in [0.15, 0.2) is 11.6 Å². The lowest BCUT2D eigenvalue weighted by Gasteiger charge is -2.11. The summed E-state index contributed by atoms with van der Waals surface area (Å²) in [6.07, 6.45) is 6.91. The number of nitrogens with two attached hydrogens (primary N) is 1. The minimum Gasteiger partial charge on any atom is -0.489 e. The fraction of sp³-hybridized carbons (Fsp3) is 0.400. The van der Waals surface area contributed by atoms with E-state index >= 15 is 0 Å². The fourth-order valence-corrected chi connectivity index (χ4v) is 3.01. The number of hydrogen-bond donors (Lipinski definition) is 3. The van der Waals surface area contributed by atoms with Gasteiger partial charge in [0.25, 0.3) is 0 Å². The van der Waals surface area contributed by atoms with Crippen LogP contribution >= 0.6 is 11.6 Å². The van der Waals surface area contributed by atoms with E-state index in [-0.39, 0.29) is 10.9 Å². The molecule has 6 nitrogen and oxygen atoms in total. The number of ether oxygens (including phenoxy) is 1. The van der Waals surface area contributed by atoms with Crippen molar-refractivity contribution in [1.29, 1.82) is 0 Å². The molecule has 0 fully saturated rings. The lowest BCUT2D eigenvalue weighted by molar-refractivity contribution is -0.129. The van der Waals surface area contributed by atoms with Gasteiger partial charge in [-0.1, -0.05) is 36.6 Å². The molecule has 8 heteroatoms. The van der Waals surface area contributed by atoms with Crippen molar-refractivity contribution in [2.45, 2.75) is 44.9 Å². The van der Waals surface area contributed by atoms with Gasteiger partial charge in [-0.15, -0.1) is 0 Å². The monoisotopic (exact) mass is 409 g/mol. The number of nitrogen functional groups attached to an aromatic ring is 1. The Labute approximate surface area is 168 Å². The molecular weight excluding hydrogens is 385 g/mol. The summed E-state index contributed by atoms with van der Waals surface area (Å²) >= 11 is 5.95. The summed E-state index contributed by atoms with van der Waals surface area (Å²) in [4.78, 5) is 15.1. The molecule has 1 aromatic heterocycles. The van der Waals surface area contributed by atoms with Gasteiger partial charge in [0.05, 0.1) is 11.6 Å². The van der Waals surface area contributed by atoms with Crippen molar-refractivity contribution in [1.82, 2.24) is 10.5 Å². The molecule has 2 rings (SSSR count). The zero-order chi connectivity index (χ0) is 20.4. The summed E-state index contributed by atoms with van der Waals surface area (Å²) in [6.45, 7) is 0.311. The number of aryl methyl sites for hydroxylation is 1. The quantitative estimate of drug-likeness (QED) is 0.295. The molecule has 0 spiro atoms. The number of carbonyl (C=O) groups is 1. The van der Waals surface area contributed by atoms with Crippen molar-refractivity contribution in [3.8, 4) is 5.75 Å². The third-order valence-corrected chi connectivity index (χ3v) is 4.77. The summed E-state index contributed by atoms with van der Waals surface area (Å²) in [6, 6.07) is 6.56. The van der Waals surface area contributed by atoms with E-state index in [0.717, 1.165) is 37.7 Å². The molecule has 0 aliphatic heterocycles. The molecule has 0 saturated carbocycles. The molecule has 0 aliphatic carbocycles. The van der Waals surface area contributed by atoms with Gasteiger partial charge in [-0.05, 0) is 42.5 Å². The first-order valence-corrected chi connectivity index (χ1v) is 9.62. The molecule has 152 valence electrons. The molecular formula is C20H25ClFN3O3. The molecule has 0 aliphatic rings. The normalized spacial score (nSPS) is 10.7. The number of pyridine rings is 1. The number of unbranched alkanes of at least 4 members (excludes halogenated alkanes) is 3. The van der Waals surface area contributed by atoms with E-state index in [2.05, 4.69) is 4.98 Å². The number of anilines is 1. The highest BCUT2D eigenvalue weighted by atomic mass is 35.5. The standard InChI is InChI=1S/C20H25ClFN3O3/c21-19-15(7-5-8-16(19)22)10-11-28-17-12-14(13-24-20(17)23)6-3-1-2-4-9-18(26)25-27/h5,7-8,12-13,27H,1-4,6,9-11H2,(H2,23,24)(H,25,26). The molecule has 4 N–H and O–H groups in total. The van der Waals surface area contributed by atoms with Crippen LogP contribution in [0.2, 0.25) is 5.02 Å². The second-order valence-corrected chi connectivity index (χ2v) is 6.87. The highest BCUT2D eigenvalue weighted by Crippen LogP contribution is 2.23. The Bertz CT molecular complexity index is 789. The Hall–Kier alpha value is -2.38. The van der Waals surface area contributed by atoms with Crippen LogP contribution in [0.5, 0.6) is 5.75 Å². The molecule has 0 saturated heterocycles. The van der Waals surface area contributed by atoms with E-state index in [1.807, 2.05) is 6.07 Å². The molecule has 0 atom stereocenters. The molecule has 1 aromatic carbocycles. The van der Waals surface area contributed by atoms with Crippen LogP contribution in [0.3, 0.4) is 0 Å². The van der Waals surface area contributed by atoms with Crippen molar-refractivity contribution in [2.75, 3.05) is 12.3 Å². The average Bonchev–Trinajstić information content (AvgIpc) is 2.69. The average molecular weight is 410 g/mol. The zero-order valence-corrected chi connectivity index (χ0v) is 16.3. The predicted molar refractivity (Wildman–Crippen MR) is 106 cm³/mol. The Kier molecular flexibility index (Phi) is 8.97. The molecule has 0 radical (unpaired) electrons. The summed E-state index contributed by atoms with van der Waals surface area (Å²) < 4.78 is 19.2. The van der Waals surface area contributed by atoms with Gasteiger partial charge in [-0.3, -0.25) is 10.0 Å². The Morgan fingerprint density at radius 1 is 1.25 bits per heavy atom. The van der Waals surface area contributed by atoms with Crippen LogP contribution in [-0.4, -0.2) is 22.7 Å². The molecule has 1 heterocycles. The topological polar surface area (TPSA) is 97.5 Å². The number of nitrogens with one attached hydrogen (secondary N) is 1. The number of hydrogen-bond acceptors (Lipinski definition) is 5. The fourth-order valence-electron chi connectivity index (χ4n) is 2.78. The Morgan fingerprint density at radius 2 is 2.04 bits per heavy atom. The van der Waals surface area contributed by atoms with Crippen molar-refractivity contribution in [3.05, 3.63) is 52.4 Å². The van der Waals surface area contributed by atoms with E-state index in [1.54, 1.807) is 23.8 Å². The van der Waals surface area contributed by atoms with Gasteiger partial charge in [-0.2, -0.15) is 0 Å². The smallest absolute Gasteiger partial charge is 0.243 e. The van der Waals surface area contributed by atoms with Gasteiger partial charge in [0.1, 0.15) is 5.82 Å². The van der Waals surface area contributed by atoms with Crippen LogP contribution in [0.25, 0.3) is 0 Å². The van der Waals surface area contributed by atoms with Crippen LogP contribution in [0.1, 0.15) is 43.2 Å². The predicted octanol–water partition coefficient (Wildman–Crippen LogP) is 4.08. The number of halogens is 2. The first-order chi connectivity index (χ1) is 13.5. The maximum absolute atomic E-state index is 13.5. The number of nitrogens with zero attached hydrogens (tertiary/aromatic N) is 1. The largest absolute Gasteiger partial charge is 0.489 e. The first kappa shape index (κ1) is 21.9. The second-order valence-electron chi connectivity index (χ2n) is 6.49. The van der Waals surface area contributed by atoms with Crippen molar-refractivity contribution in [3.63, 3.8) is 0 Å². The van der Waals surface area contributed by atoms with Crippen molar-refractivity contribution >= 4 is 23.3 Å². The third-order valence-electron chi connectivity index (χ3n) is 4.34. The molecule has 0 bridgehead atoms. The first-order valence-electron chi connectivity index (χ1n) is 9.24. The number of benzene rings is 1. The van der Waals surface area contributed by atoms with Crippen LogP contribution < -0.4 is 16.0 Å². The lowest BCUT2D eigenvalue weighted by Crippen LogP contribution is -2.17. The number of rotatable bonds is 11. The van der Waals surface area contributed by atoms with Crippen molar-refractivity contribution in [2.24, 2.45) is 0 Å².